The Morgan fingerprint density at radius 3 is 2.67 bits per heavy atom. The van der Waals surface area contributed by atoms with Gasteiger partial charge in [0.2, 0.25) is 0 Å². The fraction of sp³-hybridized carbons (Fsp3) is 0.733. The summed E-state index contributed by atoms with van der Waals surface area (Å²) in [5.41, 5.74) is 1.34. The second kappa shape index (κ2) is 5.35. The van der Waals surface area contributed by atoms with E-state index in [-0.39, 0.29) is 0 Å². The Morgan fingerprint density at radius 2 is 1.94 bits per heavy atom. The molecule has 3 nitrogen and oxygen atoms in total. The molecule has 0 aliphatic heterocycles. The zero-order chi connectivity index (χ0) is 12.4. The van der Waals surface area contributed by atoms with E-state index in [0.717, 1.165) is 17.9 Å². The smallest absolute Gasteiger partial charge is 0.115 e. The van der Waals surface area contributed by atoms with Crippen LogP contribution in [0.1, 0.15) is 50.5 Å². The van der Waals surface area contributed by atoms with Crippen molar-refractivity contribution in [1.29, 1.82) is 0 Å². The first-order valence-corrected chi connectivity index (χ1v) is 7.31. The van der Waals surface area contributed by atoms with Gasteiger partial charge in [-0.15, -0.1) is 0 Å². The maximum Gasteiger partial charge on any atom is 0.115 e. The summed E-state index contributed by atoms with van der Waals surface area (Å²) in [5, 5.41) is 3.70. The molecule has 2 saturated carbocycles. The van der Waals surface area contributed by atoms with E-state index in [0.29, 0.717) is 5.92 Å². The van der Waals surface area contributed by atoms with Crippen molar-refractivity contribution in [3.8, 4) is 0 Å². The Hall–Kier alpha value is -0.960. The third-order valence-corrected chi connectivity index (χ3v) is 4.51. The zero-order valence-electron chi connectivity index (χ0n) is 11.2. The van der Waals surface area contributed by atoms with E-state index in [4.69, 9.17) is 0 Å². The van der Waals surface area contributed by atoms with Gasteiger partial charge in [0.15, 0.2) is 0 Å². The van der Waals surface area contributed by atoms with Crippen molar-refractivity contribution in [2.75, 3.05) is 6.54 Å². The Morgan fingerprint density at radius 1 is 1.17 bits per heavy atom. The van der Waals surface area contributed by atoms with Crippen molar-refractivity contribution in [3.05, 3.63) is 24.3 Å². The highest BCUT2D eigenvalue weighted by Crippen LogP contribution is 2.40. The van der Waals surface area contributed by atoms with Crippen LogP contribution >= 0.6 is 0 Å². The van der Waals surface area contributed by atoms with Crippen molar-refractivity contribution in [3.63, 3.8) is 0 Å². The summed E-state index contributed by atoms with van der Waals surface area (Å²) in [6.45, 7) is 3.55. The number of hydrogen-bond acceptors (Lipinski definition) is 3. The first-order chi connectivity index (χ1) is 8.83. The van der Waals surface area contributed by atoms with Crippen LogP contribution in [0.25, 0.3) is 0 Å². The quantitative estimate of drug-likeness (QED) is 0.886. The molecule has 0 aromatic carbocycles. The van der Waals surface area contributed by atoms with Crippen LogP contribution in [0.2, 0.25) is 0 Å². The van der Waals surface area contributed by atoms with Gasteiger partial charge in [0.1, 0.15) is 6.33 Å². The van der Waals surface area contributed by atoms with E-state index in [1.54, 1.807) is 6.33 Å². The zero-order valence-corrected chi connectivity index (χ0v) is 11.2. The molecular formula is C15H23N3. The predicted molar refractivity (Wildman–Crippen MR) is 72.3 cm³/mol. The van der Waals surface area contributed by atoms with Crippen LogP contribution in [-0.4, -0.2) is 22.6 Å². The van der Waals surface area contributed by atoms with Crippen molar-refractivity contribution in [2.45, 2.75) is 51.0 Å². The third kappa shape index (κ3) is 2.89. The lowest BCUT2D eigenvalue weighted by atomic mass is 9.72. The normalized spacial score (nSPS) is 32.4. The molecule has 3 atom stereocenters. The molecule has 0 spiro atoms. The Kier molecular flexibility index (Phi) is 3.59. The summed E-state index contributed by atoms with van der Waals surface area (Å²) < 4.78 is 0. The van der Waals surface area contributed by atoms with E-state index in [1.165, 1.54) is 44.2 Å². The highest BCUT2D eigenvalue weighted by atomic mass is 14.9. The standard InChI is InChI=1S/C15H23N3/c1-11-2-3-12(9-18-14-4-5-14)15(6-11)13-7-16-10-17-8-13/h7-8,10-12,14-15,18H,2-6,9H2,1H3. The minimum atomic E-state index is 0.654. The number of aromatic nitrogens is 2. The van der Waals surface area contributed by atoms with Crippen LogP contribution in [0.3, 0.4) is 0 Å². The summed E-state index contributed by atoms with van der Waals surface area (Å²) in [5.74, 6) is 2.27. The van der Waals surface area contributed by atoms with Gasteiger partial charge < -0.3 is 5.32 Å². The number of nitrogens with one attached hydrogen (secondary N) is 1. The number of nitrogens with zero attached hydrogens (tertiary/aromatic N) is 2. The minimum absolute atomic E-state index is 0.654. The summed E-state index contributed by atoms with van der Waals surface area (Å²) in [6, 6.07) is 0.817. The molecule has 1 aromatic rings. The molecule has 2 fully saturated rings. The van der Waals surface area contributed by atoms with Crippen LogP contribution in [0.15, 0.2) is 18.7 Å². The average molecular weight is 245 g/mol. The topological polar surface area (TPSA) is 37.8 Å². The first-order valence-electron chi connectivity index (χ1n) is 7.31. The molecule has 1 heterocycles. The molecule has 1 aromatic heterocycles. The number of rotatable bonds is 4. The highest BCUT2D eigenvalue weighted by Gasteiger charge is 2.31. The van der Waals surface area contributed by atoms with Gasteiger partial charge in [-0.1, -0.05) is 13.3 Å². The van der Waals surface area contributed by atoms with Gasteiger partial charge in [0, 0.05) is 18.4 Å². The Balaban J connectivity index is 1.68. The summed E-state index contributed by atoms with van der Waals surface area (Å²) >= 11 is 0. The Labute approximate surface area is 109 Å². The molecule has 0 radical (unpaired) electrons. The van der Waals surface area contributed by atoms with Crippen LogP contribution in [-0.2, 0) is 0 Å². The molecule has 18 heavy (non-hydrogen) atoms. The van der Waals surface area contributed by atoms with E-state index >= 15 is 0 Å². The lowest BCUT2D eigenvalue weighted by Crippen LogP contribution is -2.32. The molecule has 3 rings (SSSR count). The van der Waals surface area contributed by atoms with E-state index in [2.05, 4.69) is 22.2 Å². The fourth-order valence-electron chi connectivity index (χ4n) is 3.20. The monoisotopic (exact) mass is 245 g/mol. The van der Waals surface area contributed by atoms with Gasteiger partial charge in [0.05, 0.1) is 0 Å². The molecule has 1 N–H and O–H groups in total. The summed E-state index contributed by atoms with van der Waals surface area (Å²) in [4.78, 5) is 8.39. The highest BCUT2D eigenvalue weighted by molar-refractivity contribution is 5.13. The average Bonchev–Trinajstić information content (AvgIpc) is 3.22. The van der Waals surface area contributed by atoms with Crippen molar-refractivity contribution in [2.24, 2.45) is 11.8 Å². The molecule has 3 unspecified atom stereocenters. The molecule has 3 heteroatoms. The molecule has 2 aliphatic carbocycles. The molecule has 0 saturated heterocycles. The first kappa shape index (κ1) is 12.1. The summed E-state index contributed by atoms with van der Waals surface area (Å²) in [7, 11) is 0. The maximum atomic E-state index is 4.20. The maximum absolute atomic E-state index is 4.20. The van der Waals surface area contributed by atoms with Gasteiger partial charge in [0.25, 0.3) is 0 Å². The molecule has 0 bridgehead atoms. The van der Waals surface area contributed by atoms with Crippen LogP contribution in [0, 0.1) is 11.8 Å². The lowest BCUT2D eigenvalue weighted by Gasteiger charge is -2.35. The SMILES string of the molecule is CC1CCC(CNC2CC2)C(c2cncnc2)C1. The van der Waals surface area contributed by atoms with Crippen LogP contribution in [0.5, 0.6) is 0 Å². The lowest BCUT2D eigenvalue weighted by molar-refractivity contribution is 0.240. The molecular weight excluding hydrogens is 222 g/mol. The second-order valence-corrected chi connectivity index (χ2v) is 6.14. The van der Waals surface area contributed by atoms with Crippen molar-refractivity contribution in [1.82, 2.24) is 15.3 Å². The van der Waals surface area contributed by atoms with Crippen LogP contribution in [0.4, 0.5) is 0 Å². The Bertz CT molecular complexity index is 375. The van der Waals surface area contributed by atoms with E-state index in [1.807, 2.05) is 12.4 Å². The van der Waals surface area contributed by atoms with E-state index < -0.39 is 0 Å². The van der Waals surface area contributed by atoms with Gasteiger partial charge in [-0.3, -0.25) is 0 Å². The van der Waals surface area contributed by atoms with Gasteiger partial charge >= 0.3 is 0 Å². The van der Waals surface area contributed by atoms with Crippen LogP contribution < -0.4 is 5.32 Å². The largest absolute Gasteiger partial charge is 0.314 e. The second-order valence-electron chi connectivity index (χ2n) is 6.14. The van der Waals surface area contributed by atoms with E-state index in [9.17, 15) is 0 Å². The fourth-order valence-corrected chi connectivity index (χ4v) is 3.20. The van der Waals surface area contributed by atoms with Gasteiger partial charge in [-0.2, -0.15) is 0 Å². The molecule has 2 aliphatic rings. The van der Waals surface area contributed by atoms with Gasteiger partial charge in [-0.25, -0.2) is 9.97 Å². The predicted octanol–water partition coefficient (Wildman–Crippen LogP) is 2.75. The minimum Gasteiger partial charge on any atom is -0.314 e. The third-order valence-electron chi connectivity index (χ3n) is 4.51. The molecule has 98 valence electrons. The van der Waals surface area contributed by atoms with Gasteiger partial charge in [-0.05, 0) is 55.5 Å². The summed E-state index contributed by atoms with van der Waals surface area (Å²) in [6.07, 6.45) is 12.4. The van der Waals surface area contributed by atoms with Crippen molar-refractivity contribution < 1.29 is 0 Å². The number of hydrogen-bond donors (Lipinski definition) is 1. The van der Waals surface area contributed by atoms with Crippen molar-refractivity contribution >= 4 is 0 Å². The molecule has 0 amide bonds.